The minimum atomic E-state index is -0.483. The van der Waals surface area contributed by atoms with Crippen LogP contribution in [0.25, 0.3) is 0 Å². The minimum absolute atomic E-state index is 0.0462. The molecule has 1 heterocycles. The number of carbonyl (C=O) groups excluding carboxylic acids is 2. The third-order valence-corrected chi connectivity index (χ3v) is 3.45. The van der Waals surface area contributed by atoms with Gasteiger partial charge in [-0.2, -0.15) is 0 Å². The van der Waals surface area contributed by atoms with Crippen LogP contribution >= 0.6 is 15.9 Å². The molecule has 0 aliphatic rings. The lowest BCUT2D eigenvalue weighted by atomic mass is 10.0. The fourth-order valence-corrected chi connectivity index (χ4v) is 2.10. The number of furan rings is 1. The van der Waals surface area contributed by atoms with E-state index in [0.717, 1.165) is 10.0 Å². The number of esters is 1. The molecule has 2 rings (SSSR count). The second kappa shape index (κ2) is 7.08. The van der Waals surface area contributed by atoms with Crippen LogP contribution in [-0.4, -0.2) is 19.0 Å². The molecular weight excluding hydrogens is 338 g/mol. The maximum atomic E-state index is 12.1. The van der Waals surface area contributed by atoms with Crippen LogP contribution in [0.5, 0.6) is 0 Å². The fourth-order valence-electron chi connectivity index (χ4n) is 1.83. The van der Waals surface area contributed by atoms with E-state index < -0.39 is 12.0 Å². The number of halogens is 1. The molecule has 0 aliphatic carbocycles. The summed E-state index contributed by atoms with van der Waals surface area (Å²) in [5, 5.41) is 2.77. The summed E-state index contributed by atoms with van der Waals surface area (Å²) in [6, 6.07) is 10.1. The van der Waals surface area contributed by atoms with Crippen molar-refractivity contribution in [2.75, 3.05) is 7.11 Å². The summed E-state index contributed by atoms with van der Waals surface area (Å²) in [4.78, 5) is 23.6. The largest absolute Gasteiger partial charge is 0.469 e. The fraction of sp³-hybridized carbons (Fsp3) is 0.200. The number of benzene rings is 1. The van der Waals surface area contributed by atoms with Crippen molar-refractivity contribution in [2.24, 2.45) is 0 Å². The van der Waals surface area contributed by atoms with Gasteiger partial charge in [-0.1, -0.05) is 28.1 Å². The first kappa shape index (κ1) is 15.3. The van der Waals surface area contributed by atoms with E-state index in [2.05, 4.69) is 26.0 Å². The Kier molecular flexibility index (Phi) is 5.16. The maximum absolute atomic E-state index is 12.1. The van der Waals surface area contributed by atoms with Crippen LogP contribution in [0.2, 0.25) is 0 Å². The average molecular weight is 352 g/mol. The van der Waals surface area contributed by atoms with Crippen molar-refractivity contribution in [1.82, 2.24) is 5.32 Å². The zero-order valence-corrected chi connectivity index (χ0v) is 12.9. The molecular formula is C15H14BrNO4. The molecule has 5 nitrogen and oxygen atoms in total. The number of carbonyl (C=O) groups is 2. The van der Waals surface area contributed by atoms with Gasteiger partial charge in [0.05, 0.1) is 25.8 Å². The summed E-state index contributed by atoms with van der Waals surface area (Å²) in [5.74, 6) is -0.582. The highest BCUT2D eigenvalue weighted by molar-refractivity contribution is 9.10. The average Bonchev–Trinajstić information content (AvgIpc) is 3.01. The van der Waals surface area contributed by atoms with Crippen LogP contribution in [-0.2, 0) is 9.53 Å². The molecule has 0 unspecified atom stereocenters. The molecule has 6 heteroatoms. The van der Waals surface area contributed by atoms with Gasteiger partial charge >= 0.3 is 5.97 Å². The Balaban J connectivity index is 2.17. The minimum Gasteiger partial charge on any atom is -0.469 e. The zero-order chi connectivity index (χ0) is 15.2. The first-order valence-electron chi connectivity index (χ1n) is 6.27. The van der Waals surface area contributed by atoms with Crippen LogP contribution in [0, 0.1) is 0 Å². The Labute approximate surface area is 130 Å². The van der Waals surface area contributed by atoms with Gasteiger partial charge in [0.25, 0.3) is 5.91 Å². The van der Waals surface area contributed by atoms with Gasteiger partial charge < -0.3 is 14.5 Å². The van der Waals surface area contributed by atoms with Gasteiger partial charge in [-0.15, -0.1) is 0 Å². The monoisotopic (exact) mass is 351 g/mol. The molecule has 1 aromatic carbocycles. The number of ether oxygens (including phenoxy) is 1. The molecule has 0 spiro atoms. The Hall–Kier alpha value is -2.08. The lowest BCUT2D eigenvalue weighted by Crippen LogP contribution is -2.30. The van der Waals surface area contributed by atoms with E-state index in [9.17, 15) is 9.59 Å². The van der Waals surface area contributed by atoms with Gasteiger partial charge in [-0.05, 0) is 29.8 Å². The molecule has 21 heavy (non-hydrogen) atoms. The highest BCUT2D eigenvalue weighted by Crippen LogP contribution is 2.21. The second-order valence-electron chi connectivity index (χ2n) is 4.34. The van der Waals surface area contributed by atoms with Crippen LogP contribution in [0.1, 0.15) is 28.6 Å². The molecule has 1 atom stereocenters. The standard InChI is InChI=1S/C15H14BrNO4/c1-20-14(18)9-12(10-4-6-11(16)7-5-10)17-15(19)13-3-2-8-21-13/h2-8,12H,9H2,1H3,(H,17,19)/t12-/m1/s1. The number of rotatable bonds is 5. The number of methoxy groups -OCH3 is 1. The maximum Gasteiger partial charge on any atom is 0.307 e. The van der Waals surface area contributed by atoms with E-state index >= 15 is 0 Å². The molecule has 0 bridgehead atoms. The van der Waals surface area contributed by atoms with Crippen molar-refractivity contribution in [3.63, 3.8) is 0 Å². The van der Waals surface area contributed by atoms with Gasteiger partial charge in [-0.3, -0.25) is 9.59 Å². The van der Waals surface area contributed by atoms with Crippen molar-refractivity contribution in [1.29, 1.82) is 0 Å². The van der Waals surface area contributed by atoms with Gasteiger partial charge in [0.1, 0.15) is 0 Å². The summed E-state index contributed by atoms with van der Waals surface area (Å²) < 4.78 is 10.6. The molecule has 1 aromatic heterocycles. The van der Waals surface area contributed by atoms with Crippen LogP contribution in [0.15, 0.2) is 51.6 Å². The highest BCUT2D eigenvalue weighted by atomic mass is 79.9. The van der Waals surface area contributed by atoms with Crippen molar-refractivity contribution < 1.29 is 18.7 Å². The number of hydrogen-bond donors (Lipinski definition) is 1. The van der Waals surface area contributed by atoms with Gasteiger partial charge in [0.2, 0.25) is 0 Å². The quantitative estimate of drug-likeness (QED) is 0.840. The van der Waals surface area contributed by atoms with E-state index in [1.165, 1.54) is 13.4 Å². The van der Waals surface area contributed by atoms with Crippen LogP contribution in [0.4, 0.5) is 0 Å². The summed E-state index contributed by atoms with van der Waals surface area (Å²) in [6.45, 7) is 0. The molecule has 2 aromatic rings. The summed E-state index contributed by atoms with van der Waals surface area (Å²) >= 11 is 3.35. The lowest BCUT2D eigenvalue weighted by Gasteiger charge is -2.17. The summed E-state index contributed by atoms with van der Waals surface area (Å²) in [6.07, 6.45) is 1.47. The second-order valence-corrected chi connectivity index (χ2v) is 5.25. The van der Waals surface area contributed by atoms with Gasteiger partial charge in [-0.25, -0.2) is 0 Å². The molecule has 0 fully saturated rings. The first-order chi connectivity index (χ1) is 10.1. The summed E-state index contributed by atoms with van der Waals surface area (Å²) in [5.41, 5.74) is 0.809. The predicted molar refractivity (Wildman–Crippen MR) is 79.7 cm³/mol. The molecule has 1 N–H and O–H groups in total. The lowest BCUT2D eigenvalue weighted by molar-refractivity contribution is -0.141. The topological polar surface area (TPSA) is 68.5 Å². The Bertz CT molecular complexity index is 607. The van der Waals surface area contributed by atoms with E-state index in [-0.39, 0.29) is 18.1 Å². The van der Waals surface area contributed by atoms with Gasteiger partial charge in [0.15, 0.2) is 5.76 Å². The van der Waals surface area contributed by atoms with Crippen molar-refractivity contribution in [3.05, 3.63) is 58.5 Å². The number of hydrogen-bond acceptors (Lipinski definition) is 4. The Morgan fingerprint density at radius 1 is 1.29 bits per heavy atom. The Morgan fingerprint density at radius 2 is 2.00 bits per heavy atom. The number of amides is 1. The normalized spacial score (nSPS) is 11.7. The van der Waals surface area contributed by atoms with E-state index in [1.54, 1.807) is 12.1 Å². The third-order valence-electron chi connectivity index (χ3n) is 2.92. The molecule has 110 valence electrons. The zero-order valence-electron chi connectivity index (χ0n) is 11.3. The van der Waals surface area contributed by atoms with Crippen molar-refractivity contribution >= 4 is 27.8 Å². The van der Waals surface area contributed by atoms with Crippen molar-refractivity contribution in [2.45, 2.75) is 12.5 Å². The number of nitrogens with one attached hydrogen (secondary N) is 1. The Morgan fingerprint density at radius 3 is 2.57 bits per heavy atom. The first-order valence-corrected chi connectivity index (χ1v) is 7.06. The van der Waals surface area contributed by atoms with E-state index in [4.69, 9.17) is 4.42 Å². The van der Waals surface area contributed by atoms with Crippen molar-refractivity contribution in [3.8, 4) is 0 Å². The smallest absolute Gasteiger partial charge is 0.307 e. The molecule has 0 aliphatic heterocycles. The third kappa shape index (κ3) is 4.19. The van der Waals surface area contributed by atoms with E-state index in [0.29, 0.717) is 0 Å². The molecule has 0 saturated carbocycles. The van der Waals surface area contributed by atoms with E-state index in [1.807, 2.05) is 24.3 Å². The molecule has 0 radical (unpaired) electrons. The molecule has 1 amide bonds. The van der Waals surface area contributed by atoms with Gasteiger partial charge in [0, 0.05) is 4.47 Å². The summed E-state index contributed by atoms with van der Waals surface area (Å²) in [7, 11) is 1.31. The predicted octanol–water partition coefficient (Wildman–Crippen LogP) is 3.08. The highest BCUT2D eigenvalue weighted by Gasteiger charge is 2.20. The van der Waals surface area contributed by atoms with Crippen LogP contribution < -0.4 is 5.32 Å². The van der Waals surface area contributed by atoms with Crippen LogP contribution in [0.3, 0.4) is 0 Å². The molecule has 0 saturated heterocycles. The SMILES string of the molecule is COC(=O)C[C@@H](NC(=O)c1ccco1)c1ccc(Br)cc1.